The molecule has 0 atom stereocenters. The molecular weight excluding hydrogens is 260 g/mol. The van der Waals surface area contributed by atoms with Crippen LogP contribution in [-0.2, 0) is 0 Å². The number of nitrogens with one attached hydrogen (secondary N) is 3. The highest BCUT2D eigenvalue weighted by Gasteiger charge is 2.11. The quantitative estimate of drug-likeness (QED) is 0.743. The number of H-pyrrole nitrogens is 2. The van der Waals surface area contributed by atoms with Crippen molar-refractivity contribution in [3.8, 4) is 0 Å². The number of aromatic amines is 2. The maximum Gasteiger partial charge on any atom is 0.326 e. The molecule has 0 spiro atoms. The van der Waals surface area contributed by atoms with Crippen molar-refractivity contribution in [1.29, 1.82) is 0 Å². The van der Waals surface area contributed by atoms with Gasteiger partial charge in [-0.05, 0) is 12.1 Å². The van der Waals surface area contributed by atoms with Gasteiger partial charge < -0.3 is 10.3 Å². The Labute approximate surface area is 104 Å². The molecule has 98 valence electrons. The molecule has 6 nitrogen and oxygen atoms in total. The van der Waals surface area contributed by atoms with E-state index in [2.05, 4.69) is 4.98 Å². The van der Waals surface area contributed by atoms with Crippen LogP contribution in [0.5, 0.6) is 0 Å². The molecular formula is C11H7F2N3O3. The van der Waals surface area contributed by atoms with Gasteiger partial charge in [0.2, 0.25) is 0 Å². The van der Waals surface area contributed by atoms with E-state index in [4.69, 9.17) is 0 Å². The van der Waals surface area contributed by atoms with Gasteiger partial charge in [-0.1, -0.05) is 0 Å². The average Bonchev–Trinajstić information content (AvgIpc) is 2.32. The highest BCUT2D eigenvalue weighted by Crippen LogP contribution is 2.15. The Morgan fingerprint density at radius 1 is 1.11 bits per heavy atom. The summed E-state index contributed by atoms with van der Waals surface area (Å²) in [6, 6.07) is 3.33. The number of anilines is 1. The van der Waals surface area contributed by atoms with Gasteiger partial charge in [0.05, 0.1) is 5.69 Å². The summed E-state index contributed by atoms with van der Waals surface area (Å²) < 4.78 is 26.2. The van der Waals surface area contributed by atoms with E-state index >= 15 is 0 Å². The molecule has 1 heterocycles. The van der Waals surface area contributed by atoms with Crippen molar-refractivity contribution < 1.29 is 13.6 Å². The van der Waals surface area contributed by atoms with E-state index < -0.39 is 34.5 Å². The minimum Gasteiger partial charge on any atom is -0.318 e. The Morgan fingerprint density at radius 2 is 1.84 bits per heavy atom. The summed E-state index contributed by atoms with van der Waals surface area (Å²) in [5, 5.41) is 2.04. The van der Waals surface area contributed by atoms with E-state index in [-0.39, 0.29) is 5.69 Å². The fraction of sp³-hybridized carbons (Fsp3) is 0. The monoisotopic (exact) mass is 267 g/mol. The predicted molar refractivity (Wildman–Crippen MR) is 62.0 cm³/mol. The number of rotatable bonds is 2. The van der Waals surface area contributed by atoms with E-state index in [9.17, 15) is 23.2 Å². The van der Waals surface area contributed by atoms with Crippen LogP contribution in [-0.4, -0.2) is 15.9 Å². The van der Waals surface area contributed by atoms with E-state index in [1.165, 1.54) is 0 Å². The number of hydrogen-bond donors (Lipinski definition) is 3. The first-order valence-corrected chi connectivity index (χ1v) is 5.06. The second kappa shape index (κ2) is 4.84. The van der Waals surface area contributed by atoms with Gasteiger partial charge in [-0.3, -0.25) is 14.6 Å². The number of carbonyl (C=O) groups is 1. The molecule has 0 aliphatic rings. The van der Waals surface area contributed by atoms with Crippen LogP contribution in [0.1, 0.15) is 10.5 Å². The van der Waals surface area contributed by atoms with E-state index in [0.29, 0.717) is 0 Å². The number of aromatic nitrogens is 2. The third kappa shape index (κ3) is 2.92. The van der Waals surface area contributed by atoms with Crippen LogP contribution in [0.15, 0.2) is 33.9 Å². The zero-order valence-electron chi connectivity index (χ0n) is 9.29. The molecule has 0 aliphatic carbocycles. The Balaban J connectivity index is 2.33. The maximum atomic E-state index is 13.3. The normalized spacial score (nSPS) is 10.2. The molecule has 19 heavy (non-hydrogen) atoms. The fourth-order valence-electron chi connectivity index (χ4n) is 1.37. The van der Waals surface area contributed by atoms with E-state index in [0.717, 1.165) is 24.3 Å². The molecule has 0 unspecified atom stereocenters. The van der Waals surface area contributed by atoms with Crippen LogP contribution in [0.2, 0.25) is 0 Å². The minimum atomic E-state index is -0.937. The molecule has 0 saturated carbocycles. The number of carbonyl (C=O) groups excluding carboxylic acids is 1. The Morgan fingerprint density at radius 3 is 2.53 bits per heavy atom. The molecule has 0 radical (unpaired) electrons. The summed E-state index contributed by atoms with van der Waals surface area (Å²) in [6.07, 6.45) is 0. The van der Waals surface area contributed by atoms with Crippen molar-refractivity contribution >= 4 is 11.6 Å². The third-order valence-corrected chi connectivity index (χ3v) is 2.18. The number of amides is 1. The first-order valence-electron chi connectivity index (χ1n) is 5.06. The van der Waals surface area contributed by atoms with Crippen molar-refractivity contribution in [2.24, 2.45) is 0 Å². The molecule has 8 heteroatoms. The molecule has 2 aromatic rings. The van der Waals surface area contributed by atoms with Gasteiger partial charge in [0.25, 0.3) is 11.5 Å². The van der Waals surface area contributed by atoms with Crippen LogP contribution in [0.25, 0.3) is 0 Å². The molecule has 1 aromatic heterocycles. The molecule has 1 aromatic carbocycles. The molecule has 0 bridgehead atoms. The first-order chi connectivity index (χ1) is 8.95. The number of halogens is 2. The lowest BCUT2D eigenvalue weighted by Gasteiger charge is -2.05. The average molecular weight is 267 g/mol. The third-order valence-electron chi connectivity index (χ3n) is 2.18. The topological polar surface area (TPSA) is 94.8 Å². The lowest BCUT2D eigenvalue weighted by Crippen LogP contribution is -2.27. The van der Waals surface area contributed by atoms with Gasteiger partial charge in [-0.25, -0.2) is 13.6 Å². The summed E-state index contributed by atoms with van der Waals surface area (Å²) in [6.45, 7) is 0. The van der Waals surface area contributed by atoms with Gasteiger partial charge >= 0.3 is 5.69 Å². The lowest BCUT2D eigenvalue weighted by molar-refractivity contribution is 0.102. The van der Waals surface area contributed by atoms with Crippen LogP contribution in [0, 0.1) is 11.6 Å². The van der Waals surface area contributed by atoms with Crippen molar-refractivity contribution in [3.05, 3.63) is 62.4 Å². The highest BCUT2D eigenvalue weighted by molar-refractivity contribution is 6.02. The summed E-state index contributed by atoms with van der Waals surface area (Å²) in [5.41, 5.74) is -2.42. The molecule has 0 saturated heterocycles. The van der Waals surface area contributed by atoms with Crippen molar-refractivity contribution in [3.63, 3.8) is 0 Å². The molecule has 3 N–H and O–H groups in total. The van der Waals surface area contributed by atoms with E-state index in [1.54, 1.807) is 0 Å². The summed E-state index contributed by atoms with van der Waals surface area (Å²) in [4.78, 5) is 37.6. The zero-order valence-corrected chi connectivity index (χ0v) is 9.29. The maximum absolute atomic E-state index is 13.3. The second-order valence-electron chi connectivity index (χ2n) is 3.58. The SMILES string of the molecule is O=C(Nc1cc(F)ccc1F)c1cc(=O)[nH]c(=O)[nH]1. The Hall–Kier alpha value is -2.77. The smallest absolute Gasteiger partial charge is 0.318 e. The summed E-state index contributed by atoms with van der Waals surface area (Å²) in [5.74, 6) is -2.52. The number of benzene rings is 1. The van der Waals surface area contributed by atoms with Gasteiger partial charge in [0, 0.05) is 12.1 Å². The first kappa shape index (κ1) is 12.7. The Bertz CT molecular complexity index is 723. The summed E-state index contributed by atoms with van der Waals surface area (Å²) >= 11 is 0. The zero-order chi connectivity index (χ0) is 14.0. The van der Waals surface area contributed by atoms with Gasteiger partial charge in [0.15, 0.2) is 0 Å². The standard InChI is InChI=1S/C11H7F2N3O3/c12-5-1-2-6(13)7(3-5)14-10(18)8-4-9(17)16-11(19)15-8/h1-4H,(H,14,18)(H2,15,16,17,19). The largest absolute Gasteiger partial charge is 0.326 e. The van der Waals surface area contributed by atoms with Crippen molar-refractivity contribution in [2.75, 3.05) is 5.32 Å². The van der Waals surface area contributed by atoms with Crippen LogP contribution >= 0.6 is 0 Å². The van der Waals surface area contributed by atoms with Crippen LogP contribution in [0.3, 0.4) is 0 Å². The minimum absolute atomic E-state index is 0.364. The van der Waals surface area contributed by atoms with Gasteiger partial charge in [0.1, 0.15) is 17.3 Å². The highest BCUT2D eigenvalue weighted by atomic mass is 19.1. The number of hydrogen-bond acceptors (Lipinski definition) is 3. The van der Waals surface area contributed by atoms with Crippen LogP contribution < -0.4 is 16.6 Å². The Kier molecular flexibility index (Phi) is 3.23. The molecule has 1 amide bonds. The van der Waals surface area contributed by atoms with Crippen molar-refractivity contribution in [1.82, 2.24) is 9.97 Å². The van der Waals surface area contributed by atoms with E-state index in [1.807, 2.05) is 10.3 Å². The molecule has 0 aliphatic heterocycles. The summed E-state index contributed by atoms with van der Waals surface area (Å²) in [7, 11) is 0. The van der Waals surface area contributed by atoms with Crippen LogP contribution in [0.4, 0.5) is 14.5 Å². The lowest BCUT2D eigenvalue weighted by atomic mass is 10.3. The van der Waals surface area contributed by atoms with Gasteiger partial charge in [-0.15, -0.1) is 0 Å². The van der Waals surface area contributed by atoms with Gasteiger partial charge in [-0.2, -0.15) is 0 Å². The van der Waals surface area contributed by atoms with Crippen molar-refractivity contribution in [2.45, 2.75) is 0 Å². The predicted octanol–water partition coefficient (Wildman–Crippen LogP) is 0.594. The fourth-order valence-corrected chi connectivity index (χ4v) is 1.37. The molecule has 2 rings (SSSR count). The molecule has 0 fully saturated rings. The second-order valence-corrected chi connectivity index (χ2v) is 3.58.